The number of rotatable bonds is 7. The van der Waals surface area contributed by atoms with E-state index in [2.05, 4.69) is 65.0 Å². The van der Waals surface area contributed by atoms with E-state index in [0.29, 0.717) is 19.1 Å². The van der Waals surface area contributed by atoms with Crippen molar-refractivity contribution in [2.45, 2.75) is 44.9 Å². The van der Waals surface area contributed by atoms with E-state index >= 15 is 0 Å². The summed E-state index contributed by atoms with van der Waals surface area (Å²) in [4.78, 5) is 4.43. The average molecular weight is 438 g/mol. The topological polar surface area (TPSA) is 64.1 Å². The van der Waals surface area contributed by atoms with Crippen molar-refractivity contribution in [3.63, 3.8) is 0 Å². The highest BCUT2D eigenvalue weighted by molar-refractivity contribution is 5.79. The second-order valence-electron chi connectivity index (χ2n) is 8.63. The molecule has 0 aromatic heterocycles. The van der Waals surface area contributed by atoms with Gasteiger partial charge in [0.15, 0.2) is 5.96 Å². The van der Waals surface area contributed by atoms with Gasteiger partial charge in [0.2, 0.25) is 0 Å². The van der Waals surface area contributed by atoms with Crippen LogP contribution in [0.1, 0.15) is 42.1 Å². The van der Waals surface area contributed by atoms with E-state index in [1.54, 1.807) is 0 Å². The van der Waals surface area contributed by atoms with Gasteiger partial charge in [0.05, 0.1) is 19.3 Å². The minimum absolute atomic E-state index is 0.126. The van der Waals surface area contributed by atoms with Gasteiger partial charge in [-0.25, -0.2) is 0 Å². The van der Waals surface area contributed by atoms with Crippen molar-refractivity contribution in [2.24, 2.45) is 10.9 Å². The van der Waals surface area contributed by atoms with E-state index in [0.717, 1.165) is 56.3 Å². The maximum atomic E-state index is 6.23. The summed E-state index contributed by atoms with van der Waals surface area (Å²) in [7, 11) is 1.81. The molecular formula is C26H35N3O3. The molecule has 0 bridgehead atoms. The number of ether oxygens (including phenoxy) is 3. The number of aryl methyl sites for hydroxylation is 1. The highest BCUT2D eigenvalue weighted by Crippen LogP contribution is 2.33. The lowest BCUT2D eigenvalue weighted by Gasteiger charge is -2.32. The van der Waals surface area contributed by atoms with Crippen LogP contribution in [0.3, 0.4) is 0 Å². The Hall–Kier alpha value is -2.57. The summed E-state index contributed by atoms with van der Waals surface area (Å²) in [6.45, 7) is 5.81. The zero-order chi connectivity index (χ0) is 22.2. The van der Waals surface area contributed by atoms with E-state index in [1.807, 2.05) is 13.1 Å². The molecule has 6 heteroatoms. The predicted octanol–water partition coefficient (Wildman–Crippen LogP) is 4.00. The number of hydrogen-bond donors (Lipinski definition) is 2. The van der Waals surface area contributed by atoms with Gasteiger partial charge in [0, 0.05) is 44.6 Å². The second-order valence-corrected chi connectivity index (χ2v) is 8.63. The second kappa shape index (κ2) is 11.3. The molecule has 0 amide bonds. The van der Waals surface area contributed by atoms with Crippen LogP contribution in [0.25, 0.3) is 0 Å². The van der Waals surface area contributed by atoms with Crippen molar-refractivity contribution in [1.82, 2.24) is 10.6 Å². The van der Waals surface area contributed by atoms with Crippen LogP contribution >= 0.6 is 0 Å². The fraction of sp³-hybridized carbons (Fsp3) is 0.500. The van der Waals surface area contributed by atoms with Gasteiger partial charge >= 0.3 is 0 Å². The molecule has 0 aliphatic carbocycles. The first kappa shape index (κ1) is 22.6. The Labute approximate surface area is 191 Å². The number of guanidine groups is 1. The fourth-order valence-electron chi connectivity index (χ4n) is 4.39. The zero-order valence-corrected chi connectivity index (χ0v) is 19.2. The number of nitrogens with one attached hydrogen (secondary N) is 2. The quantitative estimate of drug-likeness (QED) is 0.506. The lowest BCUT2D eigenvalue weighted by Crippen LogP contribution is -2.41. The Kier molecular flexibility index (Phi) is 8.02. The number of nitrogens with zero attached hydrogens (tertiary/aromatic N) is 1. The van der Waals surface area contributed by atoms with Crippen LogP contribution in [-0.4, -0.2) is 45.5 Å². The molecule has 2 aliphatic rings. The van der Waals surface area contributed by atoms with Gasteiger partial charge in [-0.3, -0.25) is 4.99 Å². The monoisotopic (exact) mass is 437 g/mol. The van der Waals surface area contributed by atoms with Crippen LogP contribution in [-0.2, 0) is 16.0 Å². The van der Waals surface area contributed by atoms with Gasteiger partial charge in [-0.2, -0.15) is 0 Å². The molecule has 4 rings (SSSR count). The van der Waals surface area contributed by atoms with E-state index in [9.17, 15) is 0 Å². The summed E-state index contributed by atoms with van der Waals surface area (Å²) >= 11 is 0. The summed E-state index contributed by atoms with van der Waals surface area (Å²) in [5, 5.41) is 6.96. The molecule has 2 aromatic rings. The lowest BCUT2D eigenvalue weighted by atomic mass is 9.89. The Bertz CT molecular complexity index is 881. The first-order chi connectivity index (χ1) is 15.7. The van der Waals surface area contributed by atoms with Gasteiger partial charge in [-0.05, 0) is 37.0 Å². The highest BCUT2D eigenvalue weighted by Gasteiger charge is 2.27. The third kappa shape index (κ3) is 6.02. The van der Waals surface area contributed by atoms with Crippen LogP contribution in [0.4, 0.5) is 0 Å². The molecule has 172 valence electrons. The third-order valence-corrected chi connectivity index (χ3v) is 6.18. The number of benzene rings is 2. The van der Waals surface area contributed by atoms with Gasteiger partial charge in [0.25, 0.3) is 0 Å². The molecule has 32 heavy (non-hydrogen) atoms. The summed E-state index contributed by atoms with van der Waals surface area (Å²) in [5.41, 5.74) is 3.56. The summed E-state index contributed by atoms with van der Waals surface area (Å²) in [5.74, 6) is 2.12. The van der Waals surface area contributed by atoms with Crippen molar-refractivity contribution >= 4 is 5.96 Å². The number of hydrogen-bond acceptors (Lipinski definition) is 4. The number of aliphatic imine (C=N–C) groups is 1. The smallest absolute Gasteiger partial charge is 0.191 e. The van der Waals surface area contributed by atoms with Crippen LogP contribution in [0, 0.1) is 12.8 Å². The fourth-order valence-corrected chi connectivity index (χ4v) is 4.39. The van der Waals surface area contributed by atoms with E-state index in [1.165, 1.54) is 11.1 Å². The van der Waals surface area contributed by atoms with Crippen LogP contribution in [0.5, 0.6) is 5.75 Å². The first-order valence-electron chi connectivity index (χ1n) is 11.7. The minimum atomic E-state index is 0.126. The molecule has 0 spiro atoms. The van der Waals surface area contributed by atoms with Crippen molar-refractivity contribution in [3.8, 4) is 5.75 Å². The van der Waals surface area contributed by atoms with Crippen LogP contribution in [0.2, 0.25) is 0 Å². The maximum Gasteiger partial charge on any atom is 0.191 e. The largest absolute Gasteiger partial charge is 0.488 e. The summed E-state index contributed by atoms with van der Waals surface area (Å²) < 4.78 is 17.8. The normalized spacial score (nSPS) is 23.7. The lowest BCUT2D eigenvalue weighted by molar-refractivity contribution is -0.0265. The van der Waals surface area contributed by atoms with Gasteiger partial charge in [0.1, 0.15) is 11.9 Å². The van der Waals surface area contributed by atoms with Crippen molar-refractivity contribution < 1.29 is 14.2 Å². The van der Waals surface area contributed by atoms with E-state index in [4.69, 9.17) is 14.2 Å². The maximum absolute atomic E-state index is 6.23. The molecule has 0 saturated carbocycles. The molecule has 2 aliphatic heterocycles. The molecule has 2 saturated heterocycles. The molecular weight excluding hydrogens is 402 g/mol. The molecule has 2 N–H and O–H groups in total. The van der Waals surface area contributed by atoms with Crippen LogP contribution < -0.4 is 15.4 Å². The molecule has 2 heterocycles. The van der Waals surface area contributed by atoms with Crippen molar-refractivity contribution in [2.75, 3.05) is 33.4 Å². The highest BCUT2D eigenvalue weighted by atomic mass is 16.5. The van der Waals surface area contributed by atoms with Crippen molar-refractivity contribution in [3.05, 3.63) is 65.2 Å². The molecule has 0 radical (unpaired) electrons. The Morgan fingerprint density at radius 3 is 2.75 bits per heavy atom. The van der Waals surface area contributed by atoms with E-state index in [-0.39, 0.29) is 12.2 Å². The Balaban J connectivity index is 1.34. The summed E-state index contributed by atoms with van der Waals surface area (Å²) in [6.07, 6.45) is 3.44. The predicted molar refractivity (Wildman–Crippen MR) is 127 cm³/mol. The molecule has 2 fully saturated rings. The molecule has 3 unspecified atom stereocenters. The molecule has 2 aromatic carbocycles. The Morgan fingerprint density at radius 2 is 1.97 bits per heavy atom. The molecule has 6 nitrogen and oxygen atoms in total. The van der Waals surface area contributed by atoms with Gasteiger partial charge in [-0.15, -0.1) is 0 Å². The van der Waals surface area contributed by atoms with E-state index < -0.39 is 0 Å². The third-order valence-electron chi connectivity index (χ3n) is 6.18. The first-order valence-corrected chi connectivity index (χ1v) is 11.7. The van der Waals surface area contributed by atoms with Crippen LogP contribution in [0.15, 0.2) is 53.5 Å². The summed E-state index contributed by atoms with van der Waals surface area (Å²) in [6, 6.07) is 16.9. The van der Waals surface area contributed by atoms with Crippen molar-refractivity contribution in [1.29, 1.82) is 0 Å². The average Bonchev–Trinajstić information content (AvgIpc) is 3.34. The standard InChI is InChI=1S/C26H35N3O3/c1-19-10-11-21(24(15-19)32-23-12-14-30-18-23)16-28-26(27-2)29-17-22-9-6-13-31-25(22)20-7-4-3-5-8-20/h3-5,7-8,10-11,15,22-23,25H,6,9,12-14,16-18H2,1-2H3,(H2,27,28,29). The zero-order valence-electron chi connectivity index (χ0n) is 19.2. The van der Waals surface area contributed by atoms with Gasteiger partial charge in [-0.1, -0.05) is 42.5 Å². The van der Waals surface area contributed by atoms with Gasteiger partial charge < -0.3 is 24.8 Å². The Morgan fingerprint density at radius 1 is 1.09 bits per heavy atom. The SMILES string of the molecule is CN=C(NCc1ccc(C)cc1OC1CCOC1)NCC1CCCOC1c1ccccc1. The molecule has 3 atom stereocenters. The minimum Gasteiger partial charge on any atom is -0.488 e.